The highest BCUT2D eigenvalue weighted by molar-refractivity contribution is 7.99. The van der Waals surface area contributed by atoms with Crippen molar-refractivity contribution in [2.75, 3.05) is 17.8 Å². The van der Waals surface area contributed by atoms with Crippen molar-refractivity contribution in [3.63, 3.8) is 0 Å². The number of aliphatic carboxylic acids is 1. The highest BCUT2D eigenvalue weighted by Crippen LogP contribution is 2.17. The quantitative estimate of drug-likeness (QED) is 0.593. The SMILES string of the molecule is CSCCCn1c(C)nnc1SCC(=O)O. The average molecular weight is 261 g/mol. The standard InChI is InChI=1S/C9H15N3O2S2/c1-7-10-11-9(16-6-8(13)14)12(7)4-3-5-15-2/h3-6H2,1-2H3,(H,13,14). The fraction of sp³-hybridized carbons (Fsp3) is 0.667. The molecule has 7 heteroatoms. The molecule has 16 heavy (non-hydrogen) atoms. The summed E-state index contributed by atoms with van der Waals surface area (Å²) in [5, 5.41) is 17.2. The molecule has 5 nitrogen and oxygen atoms in total. The molecule has 0 saturated heterocycles. The smallest absolute Gasteiger partial charge is 0.313 e. The molecule has 0 aliphatic rings. The van der Waals surface area contributed by atoms with Crippen LogP contribution in [0.25, 0.3) is 0 Å². The third-order valence-corrected chi connectivity index (χ3v) is 3.61. The number of carboxylic acids is 1. The summed E-state index contributed by atoms with van der Waals surface area (Å²) in [6, 6.07) is 0. The van der Waals surface area contributed by atoms with Crippen molar-refractivity contribution in [1.29, 1.82) is 0 Å². The molecule has 0 spiro atoms. The molecule has 1 N–H and O–H groups in total. The molecule has 0 atom stereocenters. The Morgan fingerprint density at radius 2 is 2.25 bits per heavy atom. The summed E-state index contributed by atoms with van der Waals surface area (Å²) in [5.74, 6) is 1.12. The van der Waals surface area contributed by atoms with Crippen molar-refractivity contribution in [3.8, 4) is 0 Å². The first kappa shape index (κ1) is 13.4. The lowest BCUT2D eigenvalue weighted by Gasteiger charge is -2.06. The van der Waals surface area contributed by atoms with Gasteiger partial charge >= 0.3 is 5.97 Å². The second-order valence-electron chi connectivity index (χ2n) is 3.21. The molecule has 0 unspecified atom stereocenters. The summed E-state index contributed by atoms with van der Waals surface area (Å²) < 4.78 is 1.98. The van der Waals surface area contributed by atoms with E-state index in [1.165, 1.54) is 11.8 Å². The molecular formula is C9H15N3O2S2. The summed E-state index contributed by atoms with van der Waals surface area (Å²) in [6.45, 7) is 2.73. The molecule has 1 aromatic rings. The van der Waals surface area contributed by atoms with Crippen molar-refractivity contribution < 1.29 is 9.90 Å². The summed E-state index contributed by atoms with van der Waals surface area (Å²) >= 11 is 3.02. The van der Waals surface area contributed by atoms with Crippen LogP contribution in [0.3, 0.4) is 0 Å². The van der Waals surface area contributed by atoms with Gasteiger partial charge in [-0.2, -0.15) is 11.8 Å². The minimum absolute atomic E-state index is 0.0284. The number of rotatable bonds is 7. The largest absolute Gasteiger partial charge is 0.481 e. The molecule has 1 aromatic heterocycles. The van der Waals surface area contributed by atoms with Gasteiger partial charge < -0.3 is 9.67 Å². The third kappa shape index (κ3) is 4.05. The van der Waals surface area contributed by atoms with E-state index in [9.17, 15) is 4.79 Å². The Balaban J connectivity index is 2.58. The second-order valence-corrected chi connectivity index (χ2v) is 5.14. The van der Waals surface area contributed by atoms with Crippen LogP contribution < -0.4 is 0 Å². The van der Waals surface area contributed by atoms with Gasteiger partial charge in [0, 0.05) is 6.54 Å². The van der Waals surface area contributed by atoms with Gasteiger partial charge in [0.25, 0.3) is 0 Å². The number of hydrogen-bond donors (Lipinski definition) is 1. The van der Waals surface area contributed by atoms with Gasteiger partial charge in [0.2, 0.25) is 0 Å². The second kappa shape index (κ2) is 6.80. The zero-order valence-electron chi connectivity index (χ0n) is 9.34. The summed E-state index contributed by atoms with van der Waals surface area (Å²) in [5.41, 5.74) is 0. The maximum Gasteiger partial charge on any atom is 0.313 e. The van der Waals surface area contributed by atoms with Crippen molar-refractivity contribution in [2.24, 2.45) is 0 Å². The predicted octanol–water partition coefficient (Wildman–Crippen LogP) is 1.52. The molecule has 0 bridgehead atoms. The Hall–Kier alpha value is -0.690. The molecule has 1 rings (SSSR count). The monoisotopic (exact) mass is 261 g/mol. The number of thioether (sulfide) groups is 2. The maximum absolute atomic E-state index is 10.5. The van der Waals surface area contributed by atoms with Crippen LogP contribution in [-0.2, 0) is 11.3 Å². The van der Waals surface area contributed by atoms with Crippen LogP contribution in [0.4, 0.5) is 0 Å². The van der Waals surface area contributed by atoms with E-state index in [1.54, 1.807) is 11.8 Å². The van der Waals surface area contributed by atoms with Gasteiger partial charge in [-0.3, -0.25) is 4.79 Å². The Labute approximate surface area is 103 Å². The number of carbonyl (C=O) groups is 1. The van der Waals surface area contributed by atoms with Gasteiger partial charge in [0.15, 0.2) is 5.16 Å². The average Bonchev–Trinajstić information content (AvgIpc) is 2.58. The molecule has 0 aromatic carbocycles. The van der Waals surface area contributed by atoms with Crippen LogP contribution >= 0.6 is 23.5 Å². The first-order valence-corrected chi connectivity index (χ1v) is 7.26. The number of hydrogen-bond acceptors (Lipinski definition) is 5. The normalized spacial score (nSPS) is 10.6. The molecule has 1 heterocycles. The van der Waals surface area contributed by atoms with E-state index >= 15 is 0 Å². The van der Waals surface area contributed by atoms with Gasteiger partial charge in [-0.15, -0.1) is 10.2 Å². The van der Waals surface area contributed by atoms with E-state index in [0.29, 0.717) is 5.16 Å². The summed E-state index contributed by atoms with van der Waals surface area (Å²) in [7, 11) is 0. The van der Waals surface area contributed by atoms with Crippen LogP contribution in [0, 0.1) is 6.92 Å². The first-order chi connectivity index (χ1) is 7.65. The molecule has 0 saturated carbocycles. The van der Waals surface area contributed by atoms with Gasteiger partial charge in [-0.25, -0.2) is 0 Å². The molecule has 0 radical (unpaired) electrons. The first-order valence-electron chi connectivity index (χ1n) is 4.88. The van der Waals surface area contributed by atoms with E-state index in [-0.39, 0.29) is 5.75 Å². The third-order valence-electron chi connectivity index (χ3n) is 1.96. The Bertz CT molecular complexity index is 355. The fourth-order valence-corrected chi connectivity index (χ4v) is 2.37. The van der Waals surface area contributed by atoms with Crippen molar-refractivity contribution in [3.05, 3.63) is 5.82 Å². The van der Waals surface area contributed by atoms with Gasteiger partial charge in [0.1, 0.15) is 5.82 Å². The highest BCUT2D eigenvalue weighted by Gasteiger charge is 2.10. The van der Waals surface area contributed by atoms with Gasteiger partial charge in [-0.1, -0.05) is 11.8 Å². The van der Waals surface area contributed by atoms with Crippen LogP contribution in [0.5, 0.6) is 0 Å². The number of nitrogens with zero attached hydrogens (tertiary/aromatic N) is 3. The van der Waals surface area contributed by atoms with Crippen LogP contribution in [0.15, 0.2) is 5.16 Å². The highest BCUT2D eigenvalue weighted by atomic mass is 32.2. The fourth-order valence-electron chi connectivity index (χ4n) is 1.22. The van der Waals surface area contributed by atoms with Gasteiger partial charge in [-0.05, 0) is 25.4 Å². The van der Waals surface area contributed by atoms with E-state index in [1.807, 2.05) is 11.5 Å². The van der Waals surface area contributed by atoms with E-state index < -0.39 is 5.97 Å². The summed E-state index contributed by atoms with van der Waals surface area (Å²) in [6.07, 6.45) is 3.11. The molecule has 0 aliphatic heterocycles. The van der Waals surface area contributed by atoms with Gasteiger partial charge in [0.05, 0.1) is 5.75 Å². The Morgan fingerprint density at radius 3 is 2.88 bits per heavy atom. The molecule has 0 amide bonds. The molecule has 0 aliphatic carbocycles. The van der Waals surface area contributed by atoms with Crippen LogP contribution in [0.1, 0.15) is 12.2 Å². The lowest BCUT2D eigenvalue weighted by Crippen LogP contribution is -2.05. The number of carboxylic acid groups (broad SMARTS) is 1. The van der Waals surface area contributed by atoms with E-state index in [4.69, 9.17) is 5.11 Å². The Kier molecular flexibility index (Phi) is 5.68. The lowest BCUT2D eigenvalue weighted by molar-refractivity contribution is -0.133. The van der Waals surface area contributed by atoms with E-state index in [2.05, 4.69) is 16.5 Å². The van der Waals surface area contributed by atoms with Crippen LogP contribution in [0.2, 0.25) is 0 Å². The van der Waals surface area contributed by atoms with Crippen molar-refractivity contribution >= 4 is 29.5 Å². The van der Waals surface area contributed by atoms with Crippen molar-refractivity contribution in [1.82, 2.24) is 14.8 Å². The minimum Gasteiger partial charge on any atom is -0.481 e. The van der Waals surface area contributed by atoms with Crippen LogP contribution in [-0.4, -0.2) is 43.6 Å². The molecule has 90 valence electrons. The van der Waals surface area contributed by atoms with E-state index in [0.717, 1.165) is 24.5 Å². The lowest BCUT2D eigenvalue weighted by atomic mass is 10.4. The molecular weight excluding hydrogens is 246 g/mol. The molecule has 0 fully saturated rings. The Morgan fingerprint density at radius 1 is 1.50 bits per heavy atom. The number of aryl methyl sites for hydroxylation is 1. The number of aromatic nitrogens is 3. The minimum atomic E-state index is -0.832. The summed E-state index contributed by atoms with van der Waals surface area (Å²) in [4.78, 5) is 10.5. The topological polar surface area (TPSA) is 68.0 Å². The van der Waals surface area contributed by atoms with Crippen molar-refractivity contribution in [2.45, 2.75) is 25.0 Å². The maximum atomic E-state index is 10.5. The zero-order valence-corrected chi connectivity index (χ0v) is 11.0. The predicted molar refractivity (Wildman–Crippen MR) is 66.1 cm³/mol. The zero-order chi connectivity index (χ0) is 12.0.